The summed E-state index contributed by atoms with van der Waals surface area (Å²) in [7, 11) is 0. The van der Waals surface area contributed by atoms with Crippen molar-refractivity contribution in [2.24, 2.45) is 0 Å². The molecular weight excluding hydrogens is 237 g/mol. The first-order valence-corrected chi connectivity index (χ1v) is 5.82. The average Bonchev–Trinajstić information content (AvgIpc) is 2.32. The van der Waals surface area contributed by atoms with E-state index in [1.165, 1.54) is 29.2 Å². The second-order valence-corrected chi connectivity index (χ2v) is 3.86. The van der Waals surface area contributed by atoms with Gasteiger partial charge < -0.3 is 10.0 Å². The van der Waals surface area contributed by atoms with E-state index >= 15 is 0 Å². The van der Waals surface area contributed by atoms with E-state index in [1.807, 2.05) is 6.92 Å². The maximum atomic E-state index is 12.8. The molecule has 0 aromatic heterocycles. The molecule has 5 heteroatoms. The van der Waals surface area contributed by atoms with Gasteiger partial charge in [-0.1, -0.05) is 0 Å². The number of aliphatic carboxylic acids is 1. The van der Waals surface area contributed by atoms with Gasteiger partial charge in [-0.3, -0.25) is 9.59 Å². The number of hydrogen-bond donors (Lipinski definition) is 1. The summed E-state index contributed by atoms with van der Waals surface area (Å²) in [6, 6.07) is 5.66. The molecule has 1 rings (SSSR count). The third-order valence-electron chi connectivity index (χ3n) is 2.54. The van der Waals surface area contributed by atoms with E-state index in [-0.39, 0.29) is 24.6 Å². The van der Waals surface area contributed by atoms with Gasteiger partial charge in [-0.15, -0.1) is 0 Å². The second-order valence-electron chi connectivity index (χ2n) is 3.86. The molecule has 1 N–H and O–H groups in total. The molecule has 1 aromatic rings. The molecule has 0 heterocycles. The largest absolute Gasteiger partial charge is 0.481 e. The fourth-order valence-electron chi connectivity index (χ4n) is 1.65. The third-order valence-corrected chi connectivity index (χ3v) is 2.54. The number of hydrogen-bond acceptors (Lipinski definition) is 2. The van der Waals surface area contributed by atoms with Gasteiger partial charge in [0, 0.05) is 25.1 Å². The first-order valence-electron chi connectivity index (χ1n) is 5.82. The SMILES string of the molecule is CCN(C(=O)CCCC(=O)O)c1ccc(F)cc1. The number of amides is 1. The zero-order chi connectivity index (χ0) is 13.5. The van der Waals surface area contributed by atoms with Crippen molar-refractivity contribution in [3.8, 4) is 0 Å². The molecule has 0 spiro atoms. The Balaban J connectivity index is 2.62. The summed E-state index contributed by atoms with van der Waals surface area (Å²) in [6.45, 7) is 2.29. The Morgan fingerprint density at radius 3 is 2.33 bits per heavy atom. The molecule has 0 aliphatic heterocycles. The summed E-state index contributed by atoms with van der Waals surface area (Å²) in [4.78, 5) is 23.8. The van der Waals surface area contributed by atoms with Crippen molar-refractivity contribution in [1.29, 1.82) is 0 Å². The highest BCUT2D eigenvalue weighted by molar-refractivity contribution is 5.93. The molecule has 98 valence electrons. The van der Waals surface area contributed by atoms with Crippen molar-refractivity contribution in [3.63, 3.8) is 0 Å². The number of carboxylic acid groups (broad SMARTS) is 1. The van der Waals surface area contributed by atoms with Crippen LogP contribution in [-0.4, -0.2) is 23.5 Å². The van der Waals surface area contributed by atoms with Gasteiger partial charge in [-0.25, -0.2) is 4.39 Å². The Hall–Kier alpha value is -1.91. The number of carbonyl (C=O) groups is 2. The number of benzene rings is 1. The lowest BCUT2D eigenvalue weighted by Crippen LogP contribution is -2.30. The minimum atomic E-state index is -0.910. The Labute approximate surface area is 105 Å². The highest BCUT2D eigenvalue weighted by Crippen LogP contribution is 2.16. The van der Waals surface area contributed by atoms with Gasteiger partial charge in [-0.2, -0.15) is 0 Å². The van der Waals surface area contributed by atoms with E-state index in [0.29, 0.717) is 18.7 Å². The van der Waals surface area contributed by atoms with Crippen molar-refractivity contribution in [3.05, 3.63) is 30.1 Å². The van der Waals surface area contributed by atoms with Crippen LogP contribution in [-0.2, 0) is 9.59 Å². The van der Waals surface area contributed by atoms with Crippen LogP contribution in [0.2, 0.25) is 0 Å². The van der Waals surface area contributed by atoms with E-state index < -0.39 is 5.97 Å². The molecule has 0 bridgehead atoms. The monoisotopic (exact) mass is 253 g/mol. The van der Waals surface area contributed by atoms with E-state index in [1.54, 1.807) is 0 Å². The maximum Gasteiger partial charge on any atom is 0.303 e. The molecule has 1 aromatic carbocycles. The van der Waals surface area contributed by atoms with Crippen molar-refractivity contribution in [2.75, 3.05) is 11.4 Å². The quantitative estimate of drug-likeness (QED) is 0.847. The molecule has 0 aliphatic rings. The molecule has 0 radical (unpaired) electrons. The van der Waals surface area contributed by atoms with Crippen molar-refractivity contribution < 1.29 is 19.1 Å². The number of carbonyl (C=O) groups excluding carboxylic acids is 1. The molecule has 0 saturated carbocycles. The van der Waals surface area contributed by atoms with Gasteiger partial charge in [0.2, 0.25) is 5.91 Å². The fraction of sp³-hybridized carbons (Fsp3) is 0.385. The van der Waals surface area contributed by atoms with Crippen LogP contribution >= 0.6 is 0 Å². The Morgan fingerprint density at radius 2 is 1.83 bits per heavy atom. The Morgan fingerprint density at radius 1 is 1.22 bits per heavy atom. The van der Waals surface area contributed by atoms with E-state index in [4.69, 9.17) is 5.11 Å². The smallest absolute Gasteiger partial charge is 0.303 e. The molecule has 0 atom stereocenters. The van der Waals surface area contributed by atoms with Gasteiger partial charge in [0.05, 0.1) is 0 Å². The second kappa shape index (κ2) is 6.74. The zero-order valence-electron chi connectivity index (χ0n) is 10.2. The molecule has 0 saturated heterocycles. The first-order chi connectivity index (χ1) is 8.54. The fourth-order valence-corrected chi connectivity index (χ4v) is 1.65. The molecule has 0 fully saturated rings. The third kappa shape index (κ3) is 4.16. The van der Waals surface area contributed by atoms with Crippen LogP contribution in [0, 0.1) is 5.82 Å². The van der Waals surface area contributed by atoms with E-state index in [9.17, 15) is 14.0 Å². The standard InChI is InChI=1S/C13H16FNO3/c1-2-15(11-8-6-10(14)7-9-11)12(16)4-3-5-13(17)18/h6-9H,2-5H2,1H3,(H,17,18). The molecular formula is C13H16FNO3. The van der Waals surface area contributed by atoms with E-state index in [0.717, 1.165) is 0 Å². The summed E-state index contributed by atoms with van der Waals surface area (Å²) in [5.74, 6) is -1.41. The lowest BCUT2D eigenvalue weighted by Gasteiger charge is -2.20. The number of carboxylic acids is 1. The number of nitrogens with zero attached hydrogens (tertiary/aromatic N) is 1. The molecule has 0 unspecified atom stereocenters. The van der Waals surface area contributed by atoms with Crippen LogP contribution in [0.5, 0.6) is 0 Å². The predicted molar refractivity (Wildman–Crippen MR) is 65.9 cm³/mol. The normalized spacial score (nSPS) is 10.1. The molecule has 1 amide bonds. The summed E-state index contributed by atoms with van der Waals surface area (Å²) < 4.78 is 12.8. The van der Waals surface area contributed by atoms with Gasteiger partial charge in [-0.05, 0) is 37.6 Å². The van der Waals surface area contributed by atoms with Gasteiger partial charge in [0.1, 0.15) is 5.82 Å². The number of rotatable bonds is 6. The van der Waals surface area contributed by atoms with Crippen LogP contribution in [0.15, 0.2) is 24.3 Å². The lowest BCUT2D eigenvalue weighted by molar-refractivity contribution is -0.137. The average molecular weight is 253 g/mol. The lowest BCUT2D eigenvalue weighted by atomic mass is 10.2. The van der Waals surface area contributed by atoms with E-state index in [2.05, 4.69) is 0 Å². The highest BCUT2D eigenvalue weighted by atomic mass is 19.1. The van der Waals surface area contributed by atoms with Crippen LogP contribution < -0.4 is 4.90 Å². The Kier molecular flexibility index (Phi) is 5.30. The molecule has 18 heavy (non-hydrogen) atoms. The number of anilines is 1. The summed E-state index contributed by atoms with van der Waals surface area (Å²) >= 11 is 0. The van der Waals surface area contributed by atoms with Crippen molar-refractivity contribution in [1.82, 2.24) is 0 Å². The predicted octanol–water partition coefficient (Wildman–Crippen LogP) is 2.43. The van der Waals surface area contributed by atoms with Gasteiger partial charge in [0.25, 0.3) is 0 Å². The van der Waals surface area contributed by atoms with Crippen LogP contribution in [0.1, 0.15) is 26.2 Å². The first kappa shape index (κ1) is 14.2. The minimum absolute atomic E-state index is 0.0211. The van der Waals surface area contributed by atoms with Crippen LogP contribution in [0.25, 0.3) is 0 Å². The summed E-state index contributed by atoms with van der Waals surface area (Å²) in [5.41, 5.74) is 0.624. The highest BCUT2D eigenvalue weighted by Gasteiger charge is 2.13. The molecule has 4 nitrogen and oxygen atoms in total. The Bertz CT molecular complexity index is 417. The summed E-state index contributed by atoms with van der Waals surface area (Å²) in [6.07, 6.45) is 0.468. The van der Waals surface area contributed by atoms with Crippen molar-refractivity contribution in [2.45, 2.75) is 26.2 Å². The van der Waals surface area contributed by atoms with Crippen LogP contribution in [0.3, 0.4) is 0 Å². The molecule has 0 aliphatic carbocycles. The maximum absolute atomic E-state index is 12.8. The topological polar surface area (TPSA) is 57.6 Å². The van der Waals surface area contributed by atoms with Crippen LogP contribution in [0.4, 0.5) is 10.1 Å². The zero-order valence-corrected chi connectivity index (χ0v) is 10.2. The minimum Gasteiger partial charge on any atom is -0.481 e. The van der Waals surface area contributed by atoms with Gasteiger partial charge in [0.15, 0.2) is 0 Å². The van der Waals surface area contributed by atoms with Gasteiger partial charge >= 0.3 is 5.97 Å². The summed E-state index contributed by atoms with van der Waals surface area (Å²) in [5, 5.41) is 8.50. The number of halogens is 1. The van der Waals surface area contributed by atoms with Crippen molar-refractivity contribution >= 4 is 17.6 Å².